The summed E-state index contributed by atoms with van der Waals surface area (Å²) in [4.78, 5) is 19.9. The number of hydrogen-bond acceptors (Lipinski definition) is 6. The minimum absolute atomic E-state index is 0.304. The number of carbonyl (C=O) groups excluding carboxylic acids is 1. The Labute approximate surface area is 184 Å². The van der Waals surface area contributed by atoms with Crippen molar-refractivity contribution in [2.24, 2.45) is 0 Å². The van der Waals surface area contributed by atoms with Crippen molar-refractivity contribution in [1.29, 1.82) is 5.26 Å². The number of ether oxygens (including phenoxy) is 1. The maximum Gasteiger partial charge on any atom is 0.298 e. The lowest BCUT2D eigenvalue weighted by Crippen LogP contribution is -2.48. The molecule has 1 aliphatic rings. The molecule has 0 radical (unpaired) electrons. The lowest BCUT2D eigenvalue weighted by atomic mass is 10.1. The number of terminal acetylenes is 1. The highest BCUT2D eigenvalue weighted by Gasteiger charge is 2.23. The number of nitriles is 1. The first kappa shape index (κ1) is 20.5. The molecule has 9 heteroatoms. The molecule has 156 valence electrons. The van der Waals surface area contributed by atoms with E-state index >= 15 is 0 Å². The maximum absolute atomic E-state index is 11.7. The minimum Gasteiger partial charge on any atom is -0.492 e. The van der Waals surface area contributed by atoms with Crippen LogP contribution in [-0.2, 0) is 4.79 Å². The van der Waals surface area contributed by atoms with Crippen molar-refractivity contribution in [2.45, 2.75) is 6.92 Å². The number of anilines is 1. The highest BCUT2D eigenvalue weighted by molar-refractivity contribution is 6.33. The van der Waals surface area contributed by atoms with Gasteiger partial charge in [-0.1, -0.05) is 11.6 Å². The smallest absolute Gasteiger partial charge is 0.298 e. The Bertz CT molecular complexity index is 1230. The first-order chi connectivity index (χ1) is 15.0. The monoisotopic (exact) mass is 434 g/mol. The van der Waals surface area contributed by atoms with Gasteiger partial charge in [0.05, 0.1) is 35.1 Å². The zero-order chi connectivity index (χ0) is 22.0. The zero-order valence-corrected chi connectivity index (χ0v) is 17.6. The number of piperazine rings is 1. The molecule has 4 heterocycles. The van der Waals surface area contributed by atoms with Crippen molar-refractivity contribution in [3.05, 3.63) is 41.3 Å². The Morgan fingerprint density at radius 3 is 2.71 bits per heavy atom. The van der Waals surface area contributed by atoms with Gasteiger partial charge in [0.15, 0.2) is 0 Å². The van der Waals surface area contributed by atoms with Crippen LogP contribution >= 0.6 is 11.6 Å². The molecule has 3 aromatic rings. The zero-order valence-electron chi connectivity index (χ0n) is 16.9. The normalized spacial score (nSPS) is 13.7. The van der Waals surface area contributed by atoms with Gasteiger partial charge in [-0.05, 0) is 25.0 Å². The van der Waals surface area contributed by atoms with Crippen LogP contribution in [-0.4, -0.2) is 58.2 Å². The van der Waals surface area contributed by atoms with E-state index in [2.05, 4.69) is 22.1 Å². The van der Waals surface area contributed by atoms with Crippen LogP contribution in [0.15, 0.2) is 30.7 Å². The van der Waals surface area contributed by atoms with E-state index in [0.717, 1.165) is 11.1 Å². The van der Waals surface area contributed by atoms with E-state index in [1.54, 1.807) is 21.8 Å². The van der Waals surface area contributed by atoms with Crippen molar-refractivity contribution in [2.75, 3.05) is 37.7 Å². The van der Waals surface area contributed by atoms with E-state index in [4.69, 9.17) is 22.8 Å². The molecule has 0 spiro atoms. The van der Waals surface area contributed by atoms with Crippen LogP contribution in [0.1, 0.15) is 12.5 Å². The number of amides is 1. The fraction of sp³-hybridized carbons (Fsp3) is 0.273. The van der Waals surface area contributed by atoms with E-state index in [9.17, 15) is 10.1 Å². The fourth-order valence-corrected chi connectivity index (χ4v) is 3.95. The van der Waals surface area contributed by atoms with Crippen LogP contribution in [0.3, 0.4) is 0 Å². The highest BCUT2D eigenvalue weighted by atomic mass is 35.5. The molecule has 1 amide bonds. The largest absolute Gasteiger partial charge is 0.492 e. The number of halogens is 1. The number of carbonyl (C=O) groups is 1. The number of fused-ring (bicyclic) bond motifs is 1. The molecule has 1 aliphatic heterocycles. The molecule has 8 nitrogen and oxygen atoms in total. The van der Waals surface area contributed by atoms with Crippen LogP contribution in [0.2, 0.25) is 5.02 Å². The fourth-order valence-electron chi connectivity index (χ4n) is 3.67. The molecular weight excluding hydrogens is 416 g/mol. The second kappa shape index (κ2) is 8.55. The molecule has 0 aromatic carbocycles. The SMILES string of the molecule is C#CC(=O)N1CCN(c2ncc(-c3cc(OCC)cn4ncc(C#N)c34)cc2Cl)CC1. The molecule has 3 aromatic heterocycles. The van der Waals surface area contributed by atoms with Crippen LogP contribution in [0.25, 0.3) is 16.6 Å². The van der Waals surface area contributed by atoms with Crippen LogP contribution in [0.4, 0.5) is 5.82 Å². The van der Waals surface area contributed by atoms with Gasteiger partial charge in [-0.25, -0.2) is 9.50 Å². The van der Waals surface area contributed by atoms with Crippen molar-refractivity contribution in [1.82, 2.24) is 19.5 Å². The van der Waals surface area contributed by atoms with Gasteiger partial charge in [-0.15, -0.1) is 6.42 Å². The van der Waals surface area contributed by atoms with Gasteiger partial charge in [0, 0.05) is 43.5 Å². The summed E-state index contributed by atoms with van der Waals surface area (Å²) in [5, 5.41) is 14.2. The van der Waals surface area contributed by atoms with Gasteiger partial charge in [-0.2, -0.15) is 10.4 Å². The van der Waals surface area contributed by atoms with Crippen molar-refractivity contribution < 1.29 is 9.53 Å². The molecule has 0 bridgehead atoms. The Kier molecular flexibility index (Phi) is 5.66. The van der Waals surface area contributed by atoms with Crippen LogP contribution in [0.5, 0.6) is 5.75 Å². The van der Waals surface area contributed by atoms with Gasteiger partial charge < -0.3 is 14.5 Å². The first-order valence-corrected chi connectivity index (χ1v) is 10.1. The number of rotatable bonds is 4. The number of nitrogens with zero attached hydrogens (tertiary/aromatic N) is 6. The van der Waals surface area contributed by atoms with Gasteiger partial charge >= 0.3 is 0 Å². The topological polar surface area (TPSA) is 86.8 Å². The summed E-state index contributed by atoms with van der Waals surface area (Å²) in [7, 11) is 0. The van der Waals surface area contributed by atoms with E-state index in [1.165, 1.54) is 6.20 Å². The summed E-state index contributed by atoms with van der Waals surface area (Å²) in [6, 6.07) is 5.86. The van der Waals surface area contributed by atoms with Gasteiger partial charge in [0.2, 0.25) is 0 Å². The van der Waals surface area contributed by atoms with E-state index in [-0.39, 0.29) is 5.91 Å². The maximum atomic E-state index is 11.7. The summed E-state index contributed by atoms with van der Waals surface area (Å²) in [5.74, 6) is 3.12. The Morgan fingerprint density at radius 2 is 2.06 bits per heavy atom. The van der Waals surface area contributed by atoms with E-state index < -0.39 is 0 Å². The molecule has 4 rings (SSSR count). The molecule has 0 saturated carbocycles. The predicted molar refractivity (Wildman–Crippen MR) is 117 cm³/mol. The number of hydrogen-bond donors (Lipinski definition) is 0. The molecule has 31 heavy (non-hydrogen) atoms. The summed E-state index contributed by atoms with van der Waals surface area (Å²) in [6.07, 6.45) is 10.2. The average molecular weight is 435 g/mol. The lowest BCUT2D eigenvalue weighted by Gasteiger charge is -2.34. The van der Waals surface area contributed by atoms with Crippen molar-refractivity contribution >= 4 is 28.8 Å². The molecule has 0 N–H and O–H groups in total. The number of aromatic nitrogens is 3. The first-order valence-electron chi connectivity index (χ1n) is 9.76. The average Bonchev–Trinajstić information content (AvgIpc) is 3.21. The van der Waals surface area contributed by atoms with Gasteiger partial charge in [0.1, 0.15) is 17.6 Å². The Balaban J connectivity index is 1.68. The lowest BCUT2D eigenvalue weighted by molar-refractivity contribution is -0.125. The minimum atomic E-state index is -0.304. The van der Waals surface area contributed by atoms with E-state index in [1.807, 2.05) is 24.0 Å². The second-order valence-corrected chi connectivity index (χ2v) is 7.35. The Morgan fingerprint density at radius 1 is 1.29 bits per heavy atom. The molecule has 1 fully saturated rings. The van der Waals surface area contributed by atoms with Crippen molar-refractivity contribution in [3.8, 4) is 35.3 Å². The highest BCUT2D eigenvalue weighted by Crippen LogP contribution is 2.34. The molecule has 0 atom stereocenters. The summed E-state index contributed by atoms with van der Waals surface area (Å²) >= 11 is 6.60. The molecule has 0 aliphatic carbocycles. The number of pyridine rings is 2. The molecule has 0 unspecified atom stereocenters. The third-order valence-electron chi connectivity index (χ3n) is 5.14. The van der Waals surface area contributed by atoms with Crippen molar-refractivity contribution in [3.63, 3.8) is 0 Å². The molecule has 1 saturated heterocycles. The summed E-state index contributed by atoms with van der Waals surface area (Å²) in [5.41, 5.74) is 2.62. The summed E-state index contributed by atoms with van der Waals surface area (Å²) < 4.78 is 7.28. The van der Waals surface area contributed by atoms with Gasteiger partial charge in [0.25, 0.3) is 5.91 Å². The van der Waals surface area contributed by atoms with E-state index in [0.29, 0.717) is 60.5 Å². The Hall–Kier alpha value is -3.75. The standard InChI is InChI=1S/C22H19ClN6O2/c1-3-20(30)27-5-7-28(8-6-27)22-19(23)9-15(12-25-22)18-10-17(31-4-2)14-29-21(18)16(11-24)13-26-29/h1,9-10,12-14H,4-8H2,2H3. The summed E-state index contributed by atoms with van der Waals surface area (Å²) in [6.45, 7) is 4.61. The van der Waals surface area contributed by atoms with Gasteiger partial charge in [-0.3, -0.25) is 4.79 Å². The quantitative estimate of drug-likeness (QED) is 0.586. The third kappa shape index (κ3) is 3.86. The third-order valence-corrected chi connectivity index (χ3v) is 5.42. The predicted octanol–water partition coefficient (Wildman–Crippen LogP) is 2.60. The second-order valence-electron chi connectivity index (χ2n) is 6.94. The van der Waals surface area contributed by atoms with Crippen LogP contribution < -0.4 is 9.64 Å². The van der Waals surface area contributed by atoms with Crippen LogP contribution in [0, 0.1) is 23.7 Å². The molecular formula is C22H19ClN6O2.